The van der Waals surface area contributed by atoms with Crippen LogP contribution in [-0.2, 0) is 6.54 Å². The third-order valence-corrected chi connectivity index (χ3v) is 2.01. The van der Waals surface area contributed by atoms with Crippen molar-refractivity contribution in [3.63, 3.8) is 0 Å². The predicted molar refractivity (Wildman–Crippen MR) is 48.6 cm³/mol. The van der Waals surface area contributed by atoms with Gasteiger partial charge in [0.25, 0.3) is 6.43 Å². The maximum Gasteiger partial charge on any atom is 0.280 e. The van der Waals surface area contributed by atoms with Gasteiger partial charge in [0, 0.05) is 12.1 Å². The fraction of sp³-hybridized carbons (Fsp3) is 0.375. The summed E-state index contributed by atoms with van der Waals surface area (Å²) in [6.07, 6.45) is -2.67. The Morgan fingerprint density at radius 3 is 2.71 bits per heavy atom. The van der Waals surface area contributed by atoms with Crippen LogP contribution in [0.5, 0.6) is 5.88 Å². The molecule has 0 radical (unpaired) electrons. The highest BCUT2D eigenvalue weighted by Crippen LogP contribution is 2.28. The van der Waals surface area contributed by atoms with Gasteiger partial charge in [-0.15, -0.1) is 0 Å². The zero-order valence-electron chi connectivity index (χ0n) is 7.43. The molecule has 1 rings (SSSR count). The van der Waals surface area contributed by atoms with Crippen molar-refractivity contribution in [1.29, 1.82) is 0 Å². The molecule has 6 heteroatoms. The molecule has 0 aliphatic carbocycles. The van der Waals surface area contributed by atoms with E-state index in [2.05, 4.69) is 4.98 Å². The number of alkyl halides is 2. The third-order valence-electron chi connectivity index (χ3n) is 1.67. The molecule has 2 N–H and O–H groups in total. The van der Waals surface area contributed by atoms with Crippen LogP contribution >= 0.6 is 11.6 Å². The fourth-order valence-corrected chi connectivity index (χ4v) is 1.27. The van der Waals surface area contributed by atoms with E-state index in [1.807, 2.05) is 0 Å². The first-order valence-electron chi connectivity index (χ1n) is 3.81. The molecule has 3 nitrogen and oxygen atoms in total. The molecular formula is C8H9ClF2N2O. The largest absolute Gasteiger partial charge is 0.481 e. The van der Waals surface area contributed by atoms with E-state index >= 15 is 0 Å². The van der Waals surface area contributed by atoms with Crippen molar-refractivity contribution in [2.45, 2.75) is 13.0 Å². The number of aromatic nitrogens is 1. The molecule has 0 unspecified atom stereocenters. The van der Waals surface area contributed by atoms with Gasteiger partial charge in [-0.1, -0.05) is 11.6 Å². The van der Waals surface area contributed by atoms with Crippen molar-refractivity contribution < 1.29 is 13.5 Å². The van der Waals surface area contributed by atoms with Gasteiger partial charge >= 0.3 is 0 Å². The van der Waals surface area contributed by atoms with Crippen molar-refractivity contribution in [2.24, 2.45) is 5.73 Å². The van der Waals surface area contributed by atoms with Crippen molar-refractivity contribution in [1.82, 2.24) is 4.98 Å². The fourth-order valence-electron chi connectivity index (χ4n) is 1.00. The SMILES string of the molecule is COc1nc(C(F)F)cc(Cl)c1CN. The van der Waals surface area contributed by atoms with E-state index in [1.54, 1.807) is 0 Å². The van der Waals surface area contributed by atoms with Crippen LogP contribution in [0.2, 0.25) is 5.02 Å². The molecule has 0 aliphatic heterocycles. The van der Waals surface area contributed by atoms with Crippen LogP contribution in [0.15, 0.2) is 6.07 Å². The molecule has 14 heavy (non-hydrogen) atoms. The standard InChI is InChI=1S/C8H9ClF2N2O/c1-14-8-4(3-12)5(9)2-6(13-8)7(10)11/h2,7H,3,12H2,1H3. The summed E-state index contributed by atoms with van der Waals surface area (Å²) in [5.74, 6) is 0.0512. The van der Waals surface area contributed by atoms with E-state index in [1.165, 1.54) is 7.11 Å². The molecule has 0 amide bonds. The molecule has 0 aliphatic rings. The van der Waals surface area contributed by atoms with Crippen LogP contribution in [-0.4, -0.2) is 12.1 Å². The normalized spacial score (nSPS) is 10.7. The van der Waals surface area contributed by atoms with Gasteiger partial charge in [0.1, 0.15) is 5.69 Å². The zero-order valence-corrected chi connectivity index (χ0v) is 8.18. The predicted octanol–water partition coefficient (Wildman–Crippen LogP) is 2.14. The van der Waals surface area contributed by atoms with Gasteiger partial charge in [0.05, 0.1) is 12.1 Å². The number of ether oxygens (including phenoxy) is 1. The summed E-state index contributed by atoms with van der Waals surface area (Å²) in [4.78, 5) is 3.59. The first-order valence-corrected chi connectivity index (χ1v) is 4.19. The average Bonchev–Trinajstić information content (AvgIpc) is 2.16. The van der Waals surface area contributed by atoms with Crippen molar-refractivity contribution in [3.8, 4) is 5.88 Å². The molecule has 0 saturated carbocycles. The van der Waals surface area contributed by atoms with Crippen molar-refractivity contribution in [3.05, 3.63) is 22.3 Å². The molecule has 0 bridgehead atoms. The van der Waals surface area contributed by atoms with Gasteiger partial charge < -0.3 is 10.5 Å². The summed E-state index contributed by atoms with van der Waals surface area (Å²) in [6.45, 7) is 0.0958. The van der Waals surface area contributed by atoms with Crippen LogP contribution in [0.3, 0.4) is 0 Å². The number of hydrogen-bond donors (Lipinski definition) is 1. The Bertz CT molecular complexity index is 333. The van der Waals surface area contributed by atoms with E-state index < -0.39 is 12.1 Å². The summed E-state index contributed by atoms with van der Waals surface area (Å²) in [7, 11) is 1.33. The first-order chi connectivity index (χ1) is 6.60. The van der Waals surface area contributed by atoms with Gasteiger partial charge in [-0.2, -0.15) is 0 Å². The topological polar surface area (TPSA) is 48.1 Å². The van der Waals surface area contributed by atoms with Gasteiger partial charge in [-0.25, -0.2) is 13.8 Å². The molecule has 1 aromatic heterocycles. The minimum Gasteiger partial charge on any atom is -0.481 e. The molecule has 0 aromatic carbocycles. The Labute approximate surface area is 84.8 Å². The Balaban J connectivity index is 3.24. The van der Waals surface area contributed by atoms with Crippen molar-refractivity contribution in [2.75, 3.05) is 7.11 Å². The van der Waals surface area contributed by atoms with Crippen LogP contribution < -0.4 is 10.5 Å². The van der Waals surface area contributed by atoms with E-state index in [0.29, 0.717) is 5.56 Å². The molecule has 78 valence electrons. The van der Waals surface area contributed by atoms with Crippen LogP contribution in [0.1, 0.15) is 17.7 Å². The summed E-state index contributed by atoms with van der Waals surface area (Å²) < 4.78 is 29.4. The minimum atomic E-state index is -2.67. The lowest BCUT2D eigenvalue weighted by molar-refractivity contribution is 0.145. The lowest BCUT2D eigenvalue weighted by atomic mass is 10.2. The Morgan fingerprint density at radius 2 is 2.29 bits per heavy atom. The zero-order chi connectivity index (χ0) is 10.7. The molecule has 0 saturated heterocycles. The molecule has 0 fully saturated rings. The van der Waals surface area contributed by atoms with Gasteiger partial charge in [0.2, 0.25) is 5.88 Å². The quantitative estimate of drug-likeness (QED) is 0.853. The number of rotatable bonds is 3. The van der Waals surface area contributed by atoms with Gasteiger partial charge in [0.15, 0.2) is 0 Å². The summed E-state index contributed by atoms with van der Waals surface area (Å²) in [5, 5.41) is 0.148. The second-order valence-electron chi connectivity index (χ2n) is 2.52. The van der Waals surface area contributed by atoms with Crippen LogP contribution in [0.4, 0.5) is 8.78 Å². The van der Waals surface area contributed by atoms with Crippen LogP contribution in [0.25, 0.3) is 0 Å². The Kier molecular flexibility index (Phi) is 3.60. The summed E-state index contributed by atoms with van der Waals surface area (Å²) >= 11 is 5.72. The number of pyridine rings is 1. The number of halogens is 3. The second-order valence-corrected chi connectivity index (χ2v) is 2.93. The summed E-state index contributed by atoms with van der Waals surface area (Å²) in [5.41, 5.74) is 5.38. The molecule has 1 heterocycles. The van der Waals surface area contributed by atoms with Crippen LogP contribution in [0, 0.1) is 0 Å². The lowest BCUT2D eigenvalue weighted by Crippen LogP contribution is -2.05. The molecule has 0 atom stereocenters. The number of nitrogens with two attached hydrogens (primary N) is 1. The molecular weight excluding hydrogens is 214 g/mol. The first kappa shape index (κ1) is 11.1. The van der Waals surface area contributed by atoms with E-state index in [9.17, 15) is 8.78 Å². The maximum absolute atomic E-state index is 12.3. The summed E-state index contributed by atoms with van der Waals surface area (Å²) in [6, 6.07) is 1.09. The minimum absolute atomic E-state index is 0.0512. The third kappa shape index (κ3) is 2.10. The average molecular weight is 223 g/mol. The van der Waals surface area contributed by atoms with Gasteiger partial charge in [-0.05, 0) is 6.07 Å². The van der Waals surface area contributed by atoms with E-state index in [0.717, 1.165) is 6.07 Å². The number of hydrogen-bond acceptors (Lipinski definition) is 3. The smallest absolute Gasteiger partial charge is 0.280 e. The highest BCUT2D eigenvalue weighted by Gasteiger charge is 2.16. The number of methoxy groups -OCH3 is 1. The van der Waals surface area contributed by atoms with Crippen molar-refractivity contribution >= 4 is 11.6 Å². The monoisotopic (exact) mass is 222 g/mol. The highest BCUT2D eigenvalue weighted by atomic mass is 35.5. The maximum atomic E-state index is 12.3. The highest BCUT2D eigenvalue weighted by molar-refractivity contribution is 6.31. The number of nitrogens with zero attached hydrogens (tertiary/aromatic N) is 1. The lowest BCUT2D eigenvalue weighted by Gasteiger charge is -2.09. The molecule has 1 aromatic rings. The Hall–Kier alpha value is -0.940. The second kappa shape index (κ2) is 4.52. The molecule has 0 spiro atoms. The van der Waals surface area contributed by atoms with E-state index in [-0.39, 0.29) is 17.4 Å². The van der Waals surface area contributed by atoms with Gasteiger partial charge in [-0.3, -0.25) is 0 Å². The Morgan fingerprint density at radius 1 is 1.64 bits per heavy atom. The van der Waals surface area contributed by atoms with E-state index in [4.69, 9.17) is 22.1 Å².